The Morgan fingerprint density at radius 1 is 1.24 bits per heavy atom. The molecular weight excluding hydrogens is 260 g/mol. The molecule has 0 bridgehead atoms. The Labute approximate surface area is 126 Å². The molecule has 0 radical (unpaired) electrons. The van der Waals surface area contributed by atoms with Crippen LogP contribution in [-0.4, -0.2) is 21.3 Å². The van der Waals surface area contributed by atoms with Crippen LogP contribution in [0, 0.1) is 12.8 Å². The number of aryl methyl sites for hydroxylation is 3. The van der Waals surface area contributed by atoms with Crippen LogP contribution in [0.25, 0.3) is 0 Å². The highest BCUT2D eigenvalue weighted by Crippen LogP contribution is 2.24. The van der Waals surface area contributed by atoms with E-state index in [-0.39, 0.29) is 0 Å². The molecule has 1 aliphatic heterocycles. The number of nitrogens with one attached hydrogen (secondary N) is 1. The second-order valence-electron chi connectivity index (χ2n) is 6.23. The zero-order chi connectivity index (χ0) is 14.8. The van der Waals surface area contributed by atoms with Gasteiger partial charge in [0.25, 0.3) is 0 Å². The zero-order valence-electron chi connectivity index (χ0n) is 13.1. The molecule has 0 fully saturated rings. The van der Waals surface area contributed by atoms with Crippen LogP contribution in [0.15, 0.2) is 24.3 Å². The maximum absolute atomic E-state index is 4.45. The smallest absolute Gasteiger partial charge is 0.150 e. The van der Waals surface area contributed by atoms with E-state index < -0.39 is 0 Å². The van der Waals surface area contributed by atoms with Gasteiger partial charge in [-0.1, -0.05) is 38.1 Å². The zero-order valence-corrected chi connectivity index (χ0v) is 13.1. The molecule has 0 spiro atoms. The van der Waals surface area contributed by atoms with Crippen molar-refractivity contribution in [3.63, 3.8) is 0 Å². The largest absolute Gasteiger partial charge is 0.312 e. The van der Waals surface area contributed by atoms with Crippen molar-refractivity contribution in [2.45, 2.75) is 46.2 Å². The van der Waals surface area contributed by atoms with Gasteiger partial charge in [0.1, 0.15) is 5.82 Å². The van der Waals surface area contributed by atoms with Crippen molar-refractivity contribution >= 4 is 0 Å². The third kappa shape index (κ3) is 2.86. The first kappa shape index (κ1) is 14.3. The van der Waals surface area contributed by atoms with Crippen molar-refractivity contribution in [2.24, 2.45) is 5.92 Å². The summed E-state index contributed by atoms with van der Waals surface area (Å²) in [7, 11) is 0. The molecule has 112 valence electrons. The van der Waals surface area contributed by atoms with Crippen molar-refractivity contribution in [2.75, 3.05) is 6.54 Å². The summed E-state index contributed by atoms with van der Waals surface area (Å²) in [4.78, 5) is 0. The summed E-state index contributed by atoms with van der Waals surface area (Å²) in [5.74, 6) is 2.77. The molecular formula is C17H24N4. The molecule has 1 unspecified atom stereocenters. The molecule has 4 heteroatoms. The van der Waals surface area contributed by atoms with Gasteiger partial charge in [-0.3, -0.25) is 0 Å². The minimum atomic E-state index is 0.332. The lowest BCUT2D eigenvalue weighted by Crippen LogP contribution is -2.37. The van der Waals surface area contributed by atoms with Gasteiger partial charge < -0.3 is 9.88 Å². The summed E-state index contributed by atoms with van der Waals surface area (Å²) in [5.41, 5.74) is 2.77. The second-order valence-corrected chi connectivity index (χ2v) is 6.23. The van der Waals surface area contributed by atoms with Gasteiger partial charge >= 0.3 is 0 Å². The lowest BCUT2D eigenvalue weighted by molar-refractivity contribution is 0.335. The van der Waals surface area contributed by atoms with Crippen LogP contribution >= 0.6 is 0 Å². The number of fused-ring (bicyclic) bond motifs is 1. The minimum Gasteiger partial charge on any atom is -0.312 e. The van der Waals surface area contributed by atoms with E-state index in [0.717, 1.165) is 37.6 Å². The summed E-state index contributed by atoms with van der Waals surface area (Å²) in [6.45, 7) is 8.62. The summed E-state index contributed by atoms with van der Waals surface area (Å²) < 4.78 is 2.32. The Bertz CT molecular complexity index is 615. The van der Waals surface area contributed by atoms with E-state index in [1.54, 1.807) is 0 Å². The quantitative estimate of drug-likeness (QED) is 0.938. The second kappa shape index (κ2) is 5.98. The van der Waals surface area contributed by atoms with Crippen LogP contribution in [0.5, 0.6) is 0 Å². The molecule has 2 aromatic rings. The number of benzene rings is 1. The summed E-state index contributed by atoms with van der Waals surface area (Å²) in [5, 5.41) is 12.4. The fourth-order valence-corrected chi connectivity index (χ4v) is 3.10. The van der Waals surface area contributed by atoms with Crippen molar-refractivity contribution in [3.8, 4) is 0 Å². The van der Waals surface area contributed by atoms with Crippen LogP contribution in [0.3, 0.4) is 0 Å². The van der Waals surface area contributed by atoms with Crippen LogP contribution in [0.2, 0.25) is 0 Å². The van der Waals surface area contributed by atoms with Crippen molar-refractivity contribution in [1.82, 2.24) is 20.1 Å². The Kier molecular flexibility index (Phi) is 4.06. The van der Waals surface area contributed by atoms with Gasteiger partial charge in [-0.2, -0.15) is 0 Å². The fraction of sp³-hybridized carbons (Fsp3) is 0.529. The van der Waals surface area contributed by atoms with Gasteiger partial charge in [0.2, 0.25) is 0 Å². The van der Waals surface area contributed by atoms with Gasteiger partial charge in [0, 0.05) is 19.5 Å². The molecule has 0 aliphatic carbocycles. The van der Waals surface area contributed by atoms with E-state index in [1.807, 2.05) is 0 Å². The first-order valence-corrected chi connectivity index (χ1v) is 7.86. The molecule has 3 rings (SSSR count). The van der Waals surface area contributed by atoms with Gasteiger partial charge in [-0.05, 0) is 30.4 Å². The van der Waals surface area contributed by atoms with Crippen LogP contribution in [0.1, 0.15) is 42.7 Å². The van der Waals surface area contributed by atoms with Crippen LogP contribution in [0.4, 0.5) is 0 Å². The summed E-state index contributed by atoms with van der Waals surface area (Å²) >= 11 is 0. The average molecular weight is 284 g/mol. The molecule has 1 aromatic heterocycles. The molecule has 4 nitrogen and oxygen atoms in total. The molecule has 1 N–H and O–H groups in total. The van der Waals surface area contributed by atoms with E-state index in [0.29, 0.717) is 12.0 Å². The van der Waals surface area contributed by atoms with E-state index in [4.69, 9.17) is 0 Å². The summed E-state index contributed by atoms with van der Waals surface area (Å²) in [6.07, 6.45) is 1.99. The Hall–Kier alpha value is -1.68. The Morgan fingerprint density at radius 2 is 2.05 bits per heavy atom. The highest BCUT2D eigenvalue weighted by Gasteiger charge is 2.26. The predicted octanol–water partition coefficient (Wildman–Crippen LogP) is 2.67. The van der Waals surface area contributed by atoms with Gasteiger partial charge in [0.05, 0.1) is 6.04 Å². The first-order valence-electron chi connectivity index (χ1n) is 7.86. The van der Waals surface area contributed by atoms with E-state index in [9.17, 15) is 0 Å². The summed E-state index contributed by atoms with van der Waals surface area (Å²) in [6, 6.07) is 8.92. The van der Waals surface area contributed by atoms with E-state index in [2.05, 4.69) is 65.1 Å². The lowest BCUT2D eigenvalue weighted by atomic mass is 10.0. The standard InChI is InChI=1S/C17H24N4/c1-12(2)16-17-20-19-15(21(17)11-10-18-16)9-8-14-7-5-4-6-13(14)3/h4-7,12,16,18H,8-11H2,1-3H3. The Morgan fingerprint density at radius 3 is 2.81 bits per heavy atom. The molecule has 1 aromatic carbocycles. The molecule has 0 saturated carbocycles. The third-order valence-corrected chi connectivity index (χ3v) is 4.38. The molecule has 0 saturated heterocycles. The number of hydrogen-bond acceptors (Lipinski definition) is 3. The third-order valence-electron chi connectivity index (χ3n) is 4.38. The van der Waals surface area contributed by atoms with Gasteiger partial charge in [-0.15, -0.1) is 10.2 Å². The SMILES string of the molecule is Cc1ccccc1CCc1nnc2n1CCNC2C(C)C. The predicted molar refractivity (Wildman–Crippen MR) is 84.2 cm³/mol. The van der Waals surface area contributed by atoms with Crippen molar-refractivity contribution < 1.29 is 0 Å². The fourth-order valence-electron chi connectivity index (χ4n) is 3.10. The maximum Gasteiger partial charge on any atom is 0.150 e. The normalized spacial score (nSPS) is 18.0. The molecule has 21 heavy (non-hydrogen) atoms. The number of aromatic nitrogens is 3. The van der Waals surface area contributed by atoms with Gasteiger partial charge in [0.15, 0.2) is 5.82 Å². The lowest BCUT2D eigenvalue weighted by Gasteiger charge is -2.27. The highest BCUT2D eigenvalue weighted by atomic mass is 15.3. The van der Waals surface area contributed by atoms with Crippen LogP contribution in [-0.2, 0) is 19.4 Å². The molecule has 1 atom stereocenters. The molecule has 2 heterocycles. The van der Waals surface area contributed by atoms with Gasteiger partial charge in [-0.25, -0.2) is 0 Å². The van der Waals surface area contributed by atoms with Crippen molar-refractivity contribution in [3.05, 3.63) is 47.0 Å². The average Bonchev–Trinajstić information content (AvgIpc) is 2.89. The number of rotatable bonds is 4. The first-order chi connectivity index (χ1) is 10.2. The van der Waals surface area contributed by atoms with Crippen LogP contribution < -0.4 is 5.32 Å². The number of hydrogen-bond donors (Lipinski definition) is 1. The monoisotopic (exact) mass is 284 g/mol. The minimum absolute atomic E-state index is 0.332. The number of nitrogens with zero attached hydrogens (tertiary/aromatic N) is 3. The molecule has 0 amide bonds. The topological polar surface area (TPSA) is 42.7 Å². The van der Waals surface area contributed by atoms with E-state index in [1.165, 1.54) is 11.1 Å². The van der Waals surface area contributed by atoms with Crippen molar-refractivity contribution in [1.29, 1.82) is 0 Å². The molecule has 1 aliphatic rings. The Balaban J connectivity index is 1.77. The van der Waals surface area contributed by atoms with E-state index >= 15 is 0 Å². The highest BCUT2D eigenvalue weighted by molar-refractivity contribution is 5.26. The maximum atomic E-state index is 4.45.